The summed E-state index contributed by atoms with van der Waals surface area (Å²) in [6, 6.07) is 0.206. The molecule has 54 valence electrons. The van der Waals surface area contributed by atoms with Crippen molar-refractivity contribution in [2.45, 2.75) is 26.3 Å². The molecule has 0 bridgehead atoms. The molecule has 1 amide bonds. The Bertz CT molecular complexity index is 93.1. The summed E-state index contributed by atoms with van der Waals surface area (Å²) in [7, 11) is 1.36. The summed E-state index contributed by atoms with van der Waals surface area (Å²) in [4.78, 5) is 10.4. The number of methoxy groups -OCH3 is 1. The summed E-state index contributed by atoms with van der Waals surface area (Å²) in [5, 5.41) is 2.62. The molecule has 0 fully saturated rings. The van der Waals surface area contributed by atoms with E-state index in [0.29, 0.717) is 0 Å². The molecule has 1 atom stereocenters. The van der Waals surface area contributed by atoms with Crippen LogP contribution in [0.2, 0.25) is 0 Å². The number of nitrogens with one attached hydrogen (secondary N) is 1. The third-order valence-electron chi connectivity index (χ3n) is 1.16. The summed E-state index contributed by atoms with van der Waals surface area (Å²) in [6.07, 6.45) is 0.569. The number of amides is 1. The van der Waals surface area contributed by atoms with Crippen molar-refractivity contribution in [3.05, 3.63) is 0 Å². The zero-order valence-corrected chi connectivity index (χ0v) is 6.10. The van der Waals surface area contributed by atoms with Gasteiger partial charge in [0.1, 0.15) is 0 Å². The van der Waals surface area contributed by atoms with E-state index in [1.165, 1.54) is 7.11 Å². The highest BCUT2D eigenvalue weighted by atomic mass is 16.5. The minimum absolute atomic E-state index is 0.206. The third-order valence-corrected chi connectivity index (χ3v) is 1.16. The van der Waals surface area contributed by atoms with Crippen LogP contribution >= 0.6 is 0 Å². The average molecular weight is 131 g/mol. The van der Waals surface area contributed by atoms with Gasteiger partial charge in [-0.3, -0.25) is 0 Å². The van der Waals surface area contributed by atoms with Crippen LogP contribution < -0.4 is 5.32 Å². The van der Waals surface area contributed by atoms with Gasteiger partial charge in [0, 0.05) is 6.04 Å². The van der Waals surface area contributed by atoms with Crippen LogP contribution in [0.15, 0.2) is 0 Å². The third kappa shape index (κ3) is 3.82. The van der Waals surface area contributed by atoms with Crippen LogP contribution in [-0.4, -0.2) is 19.2 Å². The van der Waals surface area contributed by atoms with E-state index in [1.54, 1.807) is 0 Å². The Morgan fingerprint density at radius 3 is 2.67 bits per heavy atom. The summed E-state index contributed by atoms with van der Waals surface area (Å²) in [5.41, 5.74) is 0. The summed E-state index contributed by atoms with van der Waals surface area (Å²) in [6.45, 7) is 3.93. The highest BCUT2D eigenvalue weighted by Crippen LogP contribution is 1.87. The molecule has 0 spiro atoms. The van der Waals surface area contributed by atoms with E-state index in [9.17, 15) is 4.79 Å². The number of ether oxygens (including phenoxy) is 1. The lowest BCUT2D eigenvalue weighted by atomic mass is 10.3. The number of carbonyl (C=O) groups excluding carboxylic acids is 1. The SMILES string of the molecule is CC[C@@H](C)NC(=O)OC. The molecule has 0 aromatic rings. The van der Waals surface area contributed by atoms with Gasteiger partial charge in [0.25, 0.3) is 0 Å². The van der Waals surface area contributed by atoms with Crippen molar-refractivity contribution < 1.29 is 9.53 Å². The van der Waals surface area contributed by atoms with E-state index in [2.05, 4.69) is 10.1 Å². The largest absolute Gasteiger partial charge is 0.453 e. The maximum Gasteiger partial charge on any atom is 0.407 e. The Kier molecular flexibility index (Phi) is 3.84. The van der Waals surface area contributed by atoms with Gasteiger partial charge in [0.15, 0.2) is 0 Å². The van der Waals surface area contributed by atoms with Gasteiger partial charge in [0.05, 0.1) is 7.11 Å². The van der Waals surface area contributed by atoms with Crippen LogP contribution in [-0.2, 0) is 4.74 Å². The maximum atomic E-state index is 10.4. The molecule has 0 aromatic carbocycles. The van der Waals surface area contributed by atoms with Gasteiger partial charge in [-0.25, -0.2) is 4.79 Å². The minimum Gasteiger partial charge on any atom is -0.453 e. The van der Waals surface area contributed by atoms with Gasteiger partial charge in [0.2, 0.25) is 0 Å². The second-order valence-electron chi connectivity index (χ2n) is 1.95. The van der Waals surface area contributed by atoms with Gasteiger partial charge in [-0.05, 0) is 13.3 Å². The highest BCUT2D eigenvalue weighted by Gasteiger charge is 2.01. The van der Waals surface area contributed by atoms with Crippen molar-refractivity contribution in [3.8, 4) is 0 Å². The lowest BCUT2D eigenvalue weighted by molar-refractivity contribution is 0.167. The molecule has 0 heterocycles. The standard InChI is InChI=1S/C6H13NO2/c1-4-5(2)7-6(8)9-3/h5H,4H2,1-3H3,(H,7,8)/t5-/m1/s1. The van der Waals surface area contributed by atoms with E-state index in [4.69, 9.17) is 0 Å². The molecule has 0 saturated carbocycles. The second kappa shape index (κ2) is 4.18. The molecule has 0 aliphatic carbocycles. The monoisotopic (exact) mass is 131 g/mol. The van der Waals surface area contributed by atoms with Gasteiger partial charge >= 0.3 is 6.09 Å². The fourth-order valence-corrected chi connectivity index (χ4v) is 0.362. The highest BCUT2D eigenvalue weighted by molar-refractivity contribution is 5.67. The van der Waals surface area contributed by atoms with Crippen molar-refractivity contribution in [3.63, 3.8) is 0 Å². The number of hydrogen-bond acceptors (Lipinski definition) is 2. The number of rotatable bonds is 2. The molecule has 0 unspecified atom stereocenters. The van der Waals surface area contributed by atoms with Crippen LogP contribution in [0, 0.1) is 0 Å². The minimum atomic E-state index is -0.357. The maximum absolute atomic E-state index is 10.4. The molecular weight excluding hydrogens is 118 g/mol. The average Bonchev–Trinajstić information content (AvgIpc) is 1.87. The molecular formula is C6H13NO2. The summed E-state index contributed by atoms with van der Waals surface area (Å²) in [5.74, 6) is 0. The van der Waals surface area contributed by atoms with Crippen molar-refractivity contribution in [1.82, 2.24) is 5.32 Å². The molecule has 0 saturated heterocycles. The molecule has 0 aromatic heterocycles. The fourth-order valence-electron chi connectivity index (χ4n) is 0.362. The second-order valence-corrected chi connectivity index (χ2v) is 1.95. The lowest BCUT2D eigenvalue weighted by Crippen LogP contribution is -2.31. The first-order valence-corrected chi connectivity index (χ1v) is 3.05. The van der Waals surface area contributed by atoms with Gasteiger partial charge in [-0.15, -0.1) is 0 Å². The quantitative estimate of drug-likeness (QED) is 0.610. The van der Waals surface area contributed by atoms with Crippen LogP contribution in [0.5, 0.6) is 0 Å². The molecule has 0 rings (SSSR count). The fraction of sp³-hybridized carbons (Fsp3) is 0.833. The van der Waals surface area contributed by atoms with Crippen LogP contribution in [0.25, 0.3) is 0 Å². The molecule has 1 N–H and O–H groups in total. The first-order chi connectivity index (χ1) is 4.20. The Hall–Kier alpha value is -0.730. The Balaban J connectivity index is 3.34. The Labute approximate surface area is 55.4 Å². The molecule has 9 heavy (non-hydrogen) atoms. The van der Waals surface area contributed by atoms with Crippen LogP contribution in [0.4, 0.5) is 4.79 Å². The molecule has 0 aliphatic rings. The normalized spacial score (nSPS) is 12.3. The van der Waals surface area contributed by atoms with Gasteiger partial charge in [-0.2, -0.15) is 0 Å². The first kappa shape index (κ1) is 8.27. The zero-order chi connectivity index (χ0) is 7.28. The van der Waals surface area contributed by atoms with E-state index >= 15 is 0 Å². The van der Waals surface area contributed by atoms with E-state index in [-0.39, 0.29) is 12.1 Å². The number of alkyl carbamates (subject to hydrolysis) is 1. The van der Waals surface area contributed by atoms with Crippen molar-refractivity contribution in [2.75, 3.05) is 7.11 Å². The summed E-state index contributed by atoms with van der Waals surface area (Å²) >= 11 is 0. The van der Waals surface area contributed by atoms with Crippen molar-refractivity contribution in [1.29, 1.82) is 0 Å². The predicted molar refractivity (Wildman–Crippen MR) is 35.3 cm³/mol. The Morgan fingerprint density at radius 2 is 2.33 bits per heavy atom. The van der Waals surface area contributed by atoms with E-state index in [0.717, 1.165) is 6.42 Å². The number of carbonyl (C=O) groups is 1. The predicted octanol–water partition coefficient (Wildman–Crippen LogP) is 1.14. The smallest absolute Gasteiger partial charge is 0.407 e. The number of hydrogen-bond donors (Lipinski definition) is 1. The molecule has 0 aliphatic heterocycles. The van der Waals surface area contributed by atoms with Crippen LogP contribution in [0.3, 0.4) is 0 Å². The van der Waals surface area contributed by atoms with Crippen LogP contribution in [0.1, 0.15) is 20.3 Å². The van der Waals surface area contributed by atoms with Crippen molar-refractivity contribution in [2.24, 2.45) is 0 Å². The van der Waals surface area contributed by atoms with E-state index in [1.807, 2.05) is 13.8 Å². The Morgan fingerprint density at radius 1 is 1.78 bits per heavy atom. The molecule has 3 heteroatoms. The first-order valence-electron chi connectivity index (χ1n) is 3.05. The topological polar surface area (TPSA) is 38.3 Å². The lowest BCUT2D eigenvalue weighted by Gasteiger charge is -2.08. The van der Waals surface area contributed by atoms with E-state index < -0.39 is 0 Å². The zero-order valence-electron chi connectivity index (χ0n) is 6.10. The van der Waals surface area contributed by atoms with Gasteiger partial charge < -0.3 is 10.1 Å². The van der Waals surface area contributed by atoms with Gasteiger partial charge in [-0.1, -0.05) is 6.92 Å². The molecule has 3 nitrogen and oxygen atoms in total. The molecule has 0 radical (unpaired) electrons. The summed E-state index contributed by atoms with van der Waals surface area (Å²) < 4.78 is 4.37. The van der Waals surface area contributed by atoms with Crippen molar-refractivity contribution >= 4 is 6.09 Å².